The van der Waals surface area contributed by atoms with Crippen molar-refractivity contribution >= 4 is 35.5 Å². The molecule has 0 radical (unpaired) electrons. The summed E-state index contributed by atoms with van der Waals surface area (Å²) in [5.41, 5.74) is 3.20. The fourth-order valence-corrected chi connectivity index (χ4v) is 2.65. The molecule has 8 nitrogen and oxygen atoms in total. The van der Waals surface area contributed by atoms with Crippen LogP contribution in [-0.2, 0) is 14.4 Å². The van der Waals surface area contributed by atoms with E-state index in [0.29, 0.717) is 11.3 Å². The number of carbonyl (C=O) groups excluding carboxylic acids is 4. The van der Waals surface area contributed by atoms with E-state index < -0.39 is 17.8 Å². The first-order valence-corrected chi connectivity index (χ1v) is 8.81. The molecule has 0 aliphatic carbocycles. The molecule has 1 aliphatic heterocycles. The highest BCUT2D eigenvalue weighted by atomic mass is 16.5. The number of rotatable bonds is 5. The number of urea groups is 1. The second-order valence-corrected chi connectivity index (χ2v) is 6.45. The van der Waals surface area contributed by atoms with Crippen LogP contribution in [0.2, 0.25) is 0 Å². The molecule has 1 heterocycles. The van der Waals surface area contributed by atoms with Crippen LogP contribution in [0.15, 0.2) is 48.0 Å². The Labute approximate surface area is 166 Å². The van der Waals surface area contributed by atoms with Gasteiger partial charge in [-0.1, -0.05) is 24.3 Å². The lowest BCUT2D eigenvalue weighted by atomic mass is 10.1. The Morgan fingerprint density at radius 2 is 1.66 bits per heavy atom. The molecule has 2 aromatic carbocycles. The summed E-state index contributed by atoms with van der Waals surface area (Å²) >= 11 is 0. The van der Waals surface area contributed by atoms with Gasteiger partial charge in [0, 0.05) is 5.69 Å². The molecule has 5 amide bonds. The fraction of sp³-hybridized carbons (Fsp3) is 0.143. The van der Waals surface area contributed by atoms with Gasteiger partial charge < -0.3 is 10.1 Å². The number of hydrogen-bond acceptors (Lipinski definition) is 5. The van der Waals surface area contributed by atoms with Crippen LogP contribution in [0.1, 0.15) is 16.7 Å². The lowest BCUT2D eigenvalue weighted by molar-refractivity contribution is -0.124. The molecule has 1 aliphatic rings. The number of nitrogens with one attached hydrogen (secondary N) is 3. The van der Waals surface area contributed by atoms with E-state index in [9.17, 15) is 19.2 Å². The molecule has 0 bridgehead atoms. The first-order valence-electron chi connectivity index (χ1n) is 8.81. The van der Waals surface area contributed by atoms with Gasteiger partial charge in [0.05, 0.1) is 0 Å². The highest BCUT2D eigenvalue weighted by molar-refractivity contribution is 6.31. The number of aryl methyl sites for hydroxylation is 1. The van der Waals surface area contributed by atoms with Crippen molar-refractivity contribution in [3.8, 4) is 5.75 Å². The summed E-state index contributed by atoms with van der Waals surface area (Å²) < 4.78 is 5.48. The maximum atomic E-state index is 12.1. The summed E-state index contributed by atoms with van der Waals surface area (Å²) in [6.45, 7) is 3.74. The first-order chi connectivity index (χ1) is 13.8. The van der Waals surface area contributed by atoms with E-state index in [1.807, 2.05) is 42.7 Å². The molecule has 0 spiro atoms. The second kappa shape index (κ2) is 8.39. The summed E-state index contributed by atoms with van der Waals surface area (Å²) in [5.74, 6) is -1.36. The number of imide groups is 2. The zero-order valence-corrected chi connectivity index (χ0v) is 15.9. The van der Waals surface area contributed by atoms with Gasteiger partial charge in [0.15, 0.2) is 6.61 Å². The third-order valence-corrected chi connectivity index (χ3v) is 4.38. The second-order valence-electron chi connectivity index (χ2n) is 6.45. The number of amides is 5. The molecular weight excluding hydrogens is 374 g/mol. The summed E-state index contributed by atoms with van der Waals surface area (Å²) in [6.07, 6.45) is 1.36. The number of barbiturate groups is 1. The molecule has 1 fully saturated rings. The Balaban J connectivity index is 1.59. The average molecular weight is 393 g/mol. The molecule has 8 heteroatoms. The molecule has 29 heavy (non-hydrogen) atoms. The van der Waals surface area contributed by atoms with Gasteiger partial charge in [0.25, 0.3) is 17.7 Å². The summed E-state index contributed by atoms with van der Waals surface area (Å²) in [5, 5.41) is 6.82. The Morgan fingerprint density at radius 1 is 1.00 bits per heavy atom. The van der Waals surface area contributed by atoms with Gasteiger partial charge in [-0.15, -0.1) is 0 Å². The quantitative estimate of drug-likeness (QED) is 0.532. The lowest BCUT2D eigenvalue weighted by Gasteiger charge is -2.14. The molecule has 0 saturated carbocycles. The highest BCUT2D eigenvalue weighted by Crippen LogP contribution is 2.18. The molecule has 148 valence electrons. The SMILES string of the molecule is Cc1cccc(NC(=O)COc2ccc(C=C3C(=O)NC(=O)NC3=O)cc2)c1C. The van der Waals surface area contributed by atoms with Crippen LogP contribution >= 0.6 is 0 Å². The van der Waals surface area contributed by atoms with Gasteiger partial charge in [0.2, 0.25) is 0 Å². The maximum absolute atomic E-state index is 12.1. The van der Waals surface area contributed by atoms with Crippen molar-refractivity contribution in [2.24, 2.45) is 0 Å². The minimum atomic E-state index is -0.847. The van der Waals surface area contributed by atoms with E-state index in [4.69, 9.17) is 4.74 Å². The molecule has 0 unspecified atom stereocenters. The van der Waals surface area contributed by atoms with Gasteiger partial charge in [-0.05, 0) is 54.8 Å². The predicted octanol–water partition coefficient (Wildman–Crippen LogP) is 2.07. The molecule has 0 atom stereocenters. The van der Waals surface area contributed by atoms with E-state index in [2.05, 4.69) is 5.32 Å². The summed E-state index contributed by atoms with van der Waals surface area (Å²) in [4.78, 5) is 46.6. The average Bonchev–Trinajstić information content (AvgIpc) is 2.67. The van der Waals surface area contributed by atoms with Gasteiger partial charge in [-0.3, -0.25) is 25.0 Å². The normalized spacial score (nSPS) is 13.4. The summed E-state index contributed by atoms with van der Waals surface area (Å²) in [6, 6.07) is 11.3. The first kappa shape index (κ1) is 19.8. The Kier molecular flexibility index (Phi) is 5.73. The van der Waals surface area contributed by atoms with E-state index in [0.717, 1.165) is 16.8 Å². The summed E-state index contributed by atoms with van der Waals surface area (Å²) in [7, 11) is 0. The van der Waals surface area contributed by atoms with Crippen LogP contribution in [0.25, 0.3) is 6.08 Å². The predicted molar refractivity (Wildman–Crippen MR) is 106 cm³/mol. The number of hydrogen-bond donors (Lipinski definition) is 3. The van der Waals surface area contributed by atoms with Crippen LogP contribution in [0.4, 0.5) is 10.5 Å². The van der Waals surface area contributed by atoms with Crippen molar-refractivity contribution in [2.75, 3.05) is 11.9 Å². The van der Waals surface area contributed by atoms with Crippen molar-refractivity contribution in [2.45, 2.75) is 13.8 Å². The molecule has 1 saturated heterocycles. The van der Waals surface area contributed by atoms with Gasteiger partial charge in [0.1, 0.15) is 11.3 Å². The van der Waals surface area contributed by atoms with Crippen LogP contribution in [0.5, 0.6) is 5.75 Å². The highest BCUT2D eigenvalue weighted by Gasteiger charge is 2.27. The Morgan fingerprint density at radius 3 is 2.31 bits per heavy atom. The maximum Gasteiger partial charge on any atom is 0.328 e. The van der Waals surface area contributed by atoms with Crippen LogP contribution in [-0.4, -0.2) is 30.4 Å². The van der Waals surface area contributed by atoms with E-state index in [1.165, 1.54) is 6.08 Å². The standard InChI is InChI=1S/C21H19N3O5/c1-12-4-3-5-17(13(12)2)22-18(25)11-29-15-8-6-14(7-9-15)10-16-19(26)23-21(28)24-20(16)27/h3-10H,11H2,1-2H3,(H,22,25)(H2,23,24,26,27,28). The molecule has 0 aromatic heterocycles. The zero-order valence-electron chi connectivity index (χ0n) is 15.9. The topological polar surface area (TPSA) is 114 Å². The molecular formula is C21H19N3O5. The number of ether oxygens (including phenoxy) is 1. The van der Waals surface area contributed by atoms with E-state index >= 15 is 0 Å². The molecule has 3 N–H and O–H groups in total. The molecule has 3 rings (SSSR count). The minimum Gasteiger partial charge on any atom is -0.484 e. The van der Waals surface area contributed by atoms with Crippen molar-refractivity contribution in [1.29, 1.82) is 0 Å². The van der Waals surface area contributed by atoms with Gasteiger partial charge >= 0.3 is 6.03 Å². The van der Waals surface area contributed by atoms with Crippen molar-refractivity contribution in [3.05, 3.63) is 64.7 Å². The van der Waals surface area contributed by atoms with Crippen LogP contribution in [0, 0.1) is 13.8 Å². The van der Waals surface area contributed by atoms with Crippen LogP contribution in [0.3, 0.4) is 0 Å². The van der Waals surface area contributed by atoms with Crippen molar-refractivity contribution in [1.82, 2.24) is 10.6 Å². The minimum absolute atomic E-state index is 0.166. The lowest BCUT2D eigenvalue weighted by Crippen LogP contribution is -2.51. The Hall–Kier alpha value is -3.94. The largest absolute Gasteiger partial charge is 0.484 e. The van der Waals surface area contributed by atoms with Crippen molar-refractivity contribution < 1.29 is 23.9 Å². The monoisotopic (exact) mass is 393 g/mol. The number of benzene rings is 2. The molecule has 2 aromatic rings. The van der Waals surface area contributed by atoms with Gasteiger partial charge in [-0.2, -0.15) is 0 Å². The fourth-order valence-electron chi connectivity index (χ4n) is 2.65. The van der Waals surface area contributed by atoms with E-state index in [-0.39, 0.29) is 18.1 Å². The van der Waals surface area contributed by atoms with Crippen LogP contribution < -0.4 is 20.7 Å². The third kappa shape index (κ3) is 4.86. The number of anilines is 1. The smallest absolute Gasteiger partial charge is 0.328 e. The van der Waals surface area contributed by atoms with E-state index in [1.54, 1.807) is 24.3 Å². The van der Waals surface area contributed by atoms with Crippen molar-refractivity contribution in [3.63, 3.8) is 0 Å². The third-order valence-electron chi connectivity index (χ3n) is 4.38. The van der Waals surface area contributed by atoms with Gasteiger partial charge in [-0.25, -0.2) is 4.79 Å². The number of carbonyl (C=O) groups is 4. The zero-order chi connectivity index (χ0) is 21.0. The Bertz CT molecular complexity index is 1000.